The topological polar surface area (TPSA) is 74.0 Å². The van der Waals surface area contributed by atoms with Gasteiger partial charge >= 0.3 is 6.18 Å². The third-order valence-electron chi connectivity index (χ3n) is 5.20. The second kappa shape index (κ2) is 8.14. The maximum Gasteiger partial charge on any atom is 0.417 e. The Morgan fingerprint density at radius 1 is 1.40 bits per heavy atom. The minimum atomic E-state index is -4.64. The first-order valence-corrected chi connectivity index (χ1v) is 9.58. The van der Waals surface area contributed by atoms with Gasteiger partial charge in [-0.15, -0.1) is 0 Å². The number of nitrogens with one attached hydrogen (secondary N) is 2. The van der Waals surface area contributed by atoms with Crippen LogP contribution in [0.5, 0.6) is 0 Å². The summed E-state index contributed by atoms with van der Waals surface area (Å²) < 4.78 is 41.2. The molecule has 0 radical (unpaired) electrons. The number of alkyl halides is 3. The monoisotopic (exact) mass is 439 g/mol. The van der Waals surface area contributed by atoms with Crippen molar-refractivity contribution in [3.8, 4) is 0 Å². The van der Waals surface area contributed by atoms with Crippen molar-refractivity contribution in [1.82, 2.24) is 20.0 Å². The molecule has 2 N–H and O–H groups in total. The number of nitrogens with zero attached hydrogens (tertiary/aromatic N) is 3. The van der Waals surface area contributed by atoms with Crippen molar-refractivity contribution in [2.45, 2.75) is 32.1 Å². The second-order valence-corrected chi connectivity index (χ2v) is 7.42. The summed E-state index contributed by atoms with van der Waals surface area (Å²) in [4.78, 5) is 14.6. The first-order chi connectivity index (χ1) is 14.1. The normalized spacial score (nSPS) is 17.0. The van der Waals surface area contributed by atoms with E-state index in [2.05, 4.69) is 10.4 Å². The number of carbonyl (C=O) groups excluding carboxylic acids is 1. The number of amides is 1. The molecule has 1 aromatic heterocycles. The molecule has 2 heterocycles. The third kappa shape index (κ3) is 3.81. The van der Waals surface area contributed by atoms with Crippen LogP contribution in [0.3, 0.4) is 0 Å². The molecule has 1 aromatic carbocycles. The highest BCUT2D eigenvalue weighted by atomic mass is 35.5. The quantitative estimate of drug-likeness (QED) is 0.710. The molecule has 0 bridgehead atoms. The Hall–Kier alpha value is -2.81. The lowest BCUT2D eigenvalue weighted by Crippen LogP contribution is -2.43. The van der Waals surface area contributed by atoms with Crippen molar-refractivity contribution in [2.24, 2.45) is 7.05 Å². The molecule has 1 atom stereocenters. The van der Waals surface area contributed by atoms with Gasteiger partial charge in [-0.1, -0.05) is 17.7 Å². The predicted molar refractivity (Wildman–Crippen MR) is 109 cm³/mol. The average Bonchev–Trinajstić information content (AvgIpc) is 2.99. The third-order valence-corrected chi connectivity index (χ3v) is 5.60. The summed E-state index contributed by atoms with van der Waals surface area (Å²) in [5, 5.41) is 14.3. The van der Waals surface area contributed by atoms with Crippen LogP contribution in [0.15, 0.2) is 24.3 Å². The number of carbonyl (C=O) groups is 1. The highest BCUT2D eigenvalue weighted by Crippen LogP contribution is 2.37. The number of rotatable bonds is 4. The Labute approximate surface area is 176 Å². The summed E-state index contributed by atoms with van der Waals surface area (Å²) in [6.45, 7) is 2.02. The number of aryl methyl sites for hydroxylation is 1. The van der Waals surface area contributed by atoms with Gasteiger partial charge in [-0.05, 0) is 31.6 Å². The van der Waals surface area contributed by atoms with Gasteiger partial charge in [0.05, 0.1) is 34.1 Å². The van der Waals surface area contributed by atoms with E-state index in [-0.39, 0.29) is 18.2 Å². The molecule has 3 rings (SSSR count). The van der Waals surface area contributed by atoms with Crippen LogP contribution >= 0.6 is 11.6 Å². The van der Waals surface area contributed by atoms with Crippen LogP contribution in [0.25, 0.3) is 5.70 Å². The number of hydrogen-bond acceptors (Lipinski definition) is 4. The Kier molecular flexibility index (Phi) is 5.94. The molecule has 6 nitrogen and oxygen atoms in total. The van der Waals surface area contributed by atoms with Gasteiger partial charge in [-0.2, -0.15) is 18.3 Å². The molecule has 1 aliphatic rings. The van der Waals surface area contributed by atoms with Crippen LogP contribution in [0.2, 0.25) is 5.02 Å². The molecular weight excluding hydrogens is 419 g/mol. The zero-order chi connectivity index (χ0) is 22.2. The van der Waals surface area contributed by atoms with E-state index in [1.807, 2.05) is 6.92 Å². The van der Waals surface area contributed by atoms with Crippen LogP contribution in [-0.4, -0.2) is 39.9 Å². The lowest BCUT2D eigenvalue weighted by atomic mass is 9.95. The molecule has 1 amide bonds. The predicted octanol–water partition coefficient (Wildman–Crippen LogP) is 3.89. The number of fused-ring (bicyclic) bond motifs is 1. The lowest BCUT2D eigenvalue weighted by Gasteiger charge is -2.34. The summed E-state index contributed by atoms with van der Waals surface area (Å²) >= 11 is 5.96. The SMILES string of the molecule is CN/C(=C\C=N)c1nn(C)c2c1CC(C)N(C(=O)c1cccc(C(F)(F)F)c1Cl)C2. The summed E-state index contributed by atoms with van der Waals surface area (Å²) in [7, 11) is 3.48. The molecule has 0 aliphatic carbocycles. The molecule has 160 valence electrons. The van der Waals surface area contributed by atoms with Crippen molar-refractivity contribution >= 4 is 29.4 Å². The van der Waals surface area contributed by atoms with Gasteiger partial charge in [0.15, 0.2) is 0 Å². The van der Waals surface area contributed by atoms with E-state index in [4.69, 9.17) is 17.0 Å². The molecular formula is C20H21ClF3N5O. The molecule has 2 aromatic rings. The van der Waals surface area contributed by atoms with Gasteiger partial charge in [0.25, 0.3) is 5.91 Å². The van der Waals surface area contributed by atoms with Gasteiger partial charge in [-0.25, -0.2) is 0 Å². The maximum atomic E-state index is 13.2. The Morgan fingerprint density at radius 3 is 2.70 bits per heavy atom. The molecule has 10 heteroatoms. The fraction of sp³-hybridized carbons (Fsp3) is 0.350. The fourth-order valence-electron chi connectivity index (χ4n) is 3.66. The number of allylic oxidation sites excluding steroid dienone is 1. The smallest absolute Gasteiger partial charge is 0.386 e. The van der Waals surface area contributed by atoms with E-state index < -0.39 is 22.7 Å². The maximum absolute atomic E-state index is 13.2. The molecule has 1 unspecified atom stereocenters. The molecule has 30 heavy (non-hydrogen) atoms. The van der Waals surface area contributed by atoms with Gasteiger partial charge in [-0.3, -0.25) is 9.48 Å². The van der Waals surface area contributed by atoms with Crippen LogP contribution in [0, 0.1) is 5.41 Å². The van der Waals surface area contributed by atoms with Crippen LogP contribution in [0.4, 0.5) is 13.2 Å². The van der Waals surface area contributed by atoms with Crippen LogP contribution in [-0.2, 0) is 26.2 Å². The van der Waals surface area contributed by atoms with Crippen molar-refractivity contribution in [1.29, 1.82) is 5.41 Å². The minimum Gasteiger partial charge on any atom is -0.386 e. The Morgan fingerprint density at radius 2 is 2.10 bits per heavy atom. The van der Waals surface area contributed by atoms with Gasteiger partial charge in [0.2, 0.25) is 0 Å². The Balaban J connectivity index is 1.99. The van der Waals surface area contributed by atoms with Crippen LogP contribution in [0.1, 0.15) is 39.8 Å². The van der Waals surface area contributed by atoms with E-state index in [1.54, 1.807) is 24.9 Å². The highest BCUT2D eigenvalue weighted by molar-refractivity contribution is 6.34. The van der Waals surface area contributed by atoms with Crippen molar-refractivity contribution in [3.63, 3.8) is 0 Å². The fourth-order valence-corrected chi connectivity index (χ4v) is 3.97. The Bertz CT molecular complexity index is 1030. The van der Waals surface area contributed by atoms with E-state index in [0.29, 0.717) is 17.8 Å². The summed E-state index contributed by atoms with van der Waals surface area (Å²) in [5.41, 5.74) is 1.88. The summed E-state index contributed by atoms with van der Waals surface area (Å²) in [6.07, 6.45) is -1.43. The first-order valence-electron chi connectivity index (χ1n) is 9.20. The lowest BCUT2D eigenvalue weighted by molar-refractivity contribution is -0.137. The zero-order valence-corrected chi connectivity index (χ0v) is 17.4. The van der Waals surface area contributed by atoms with Gasteiger partial charge in [0.1, 0.15) is 5.69 Å². The van der Waals surface area contributed by atoms with E-state index in [9.17, 15) is 18.0 Å². The molecule has 0 spiro atoms. The van der Waals surface area contributed by atoms with Gasteiger partial charge in [0, 0.05) is 31.9 Å². The number of aromatic nitrogens is 2. The standard InChI is InChI=1S/C20H21ClF3N5O/c1-11-9-13-16(28(3)27-18(13)15(26-2)7-8-25)10-29(11)19(30)12-5-4-6-14(17(12)21)20(22,23)24/h4-8,11,25-26H,9-10H2,1-3H3/b15-7-,25-8?. The minimum absolute atomic E-state index is 0.177. The van der Waals surface area contributed by atoms with Gasteiger partial charge < -0.3 is 15.6 Å². The average molecular weight is 440 g/mol. The molecule has 0 saturated carbocycles. The van der Waals surface area contributed by atoms with Crippen molar-refractivity contribution < 1.29 is 18.0 Å². The molecule has 0 fully saturated rings. The number of hydrogen-bond donors (Lipinski definition) is 2. The summed E-state index contributed by atoms with van der Waals surface area (Å²) in [5.74, 6) is -0.559. The van der Waals surface area contributed by atoms with Crippen molar-refractivity contribution in [2.75, 3.05) is 7.05 Å². The number of benzene rings is 1. The van der Waals surface area contributed by atoms with Crippen molar-refractivity contribution in [3.05, 3.63) is 57.4 Å². The van der Waals surface area contributed by atoms with Crippen LogP contribution < -0.4 is 5.32 Å². The van der Waals surface area contributed by atoms with E-state index >= 15 is 0 Å². The highest BCUT2D eigenvalue weighted by Gasteiger charge is 2.37. The second-order valence-electron chi connectivity index (χ2n) is 7.05. The number of halogens is 4. The zero-order valence-electron chi connectivity index (χ0n) is 16.6. The van der Waals surface area contributed by atoms with E-state index in [1.165, 1.54) is 17.0 Å². The first kappa shape index (κ1) is 21.9. The molecule has 0 saturated heterocycles. The largest absolute Gasteiger partial charge is 0.417 e. The van der Waals surface area contributed by atoms with E-state index in [0.717, 1.165) is 23.5 Å². The molecule has 1 aliphatic heterocycles. The summed E-state index contributed by atoms with van der Waals surface area (Å²) in [6, 6.07) is 3.07.